The van der Waals surface area contributed by atoms with Crippen LogP contribution in [0.15, 0.2) is 71.1 Å². The lowest BCUT2D eigenvalue weighted by molar-refractivity contribution is 0.0696. The van der Waals surface area contributed by atoms with E-state index in [2.05, 4.69) is 0 Å². The molecule has 0 fully saturated rings. The van der Waals surface area contributed by atoms with Crippen molar-refractivity contribution in [3.05, 3.63) is 88.4 Å². The lowest BCUT2D eigenvalue weighted by atomic mass is 10.0. The third-order valence-corrected chi connectivity index (χ3v) is 4.85. The van der Waals surface area contributed by atoms with Crippen LogP contribution in [0.3, 0.4) is 0 Å². The van der Waals surface area contributed by atoms with E-state index in [1.807, 2.05) is 54.6 Å². The third kappa shape index (κ3) is 4.03. The van der Waals surface area contributed by atoms with E-state index in [0.29, 0.717) is 10.6 Å². The number of carboxylic acids is 1. The Morgan fingerprint density at radius 3 is 2.52 bits per heavy atom. The summed E-state index contributed by atoms with van der Waals surface area (Å²) in [6.07, 6.45) is 3.60. The highest BCUT2D eigenvalue weighted by Crippen LogP contribution is 2.30. The molecule has 4 rings (SSSR count). The molecule has 0 radical (unpaired) electrons. The largest absolute Gasteiger partial charge is 0.497 e. The van der Waals surface area contributed by atoms with Crippen LogP contribution in [0.25, 0.3) is 34.4 Å². The Hall–Kier alpha value is -3.50. The summed E-state index contributed by atoms with van der Waals surface area (Å²) in [4.78, 5) is 11.4. The molecule has 0 bridgehead atoms. The average Bonchev–Trinajstić information content (AvgIpc) is 3.15. The molecule has 4 aromatic rings. The Kier molecular flexibility index (Phi) is 5.10. The molecule has 4 nitrogen and oxygen atoms in total. The number of carbonyl (C=O) groups is 1. The van der Waals surface area contributed by atoms with Crippen LogP contribution in [0.1, 0.15) is 21.5 Å². The van der Waals surface area contributed by atoms with Gasteiger partial charge in [-0.1, -0.05) is 48.0 Å². The van der Waals surface area contributed by atoms with E-state index in [1.165, 1.54) is 6.07 Å². The third-order valence-electron chi connectivity index (χ3n) is 4.62. The molecule has 1 heterocycles. The number of rotatable bonds is 5. The minimum Gasteiger partial charge on any atom is -0.497 e. The Morgan fingerprint density at radius 2 is 1.79 bits per heavy atom. The van der Waals surface area contributed by atoms with Gasteiger partial charge in [0.1, 0.15) is 17.1 Å². The number of halogens is 1. The van der Waals surface area contributed by atoms with Crippen LogP contribution in [-0.2, 0) is 0 Å². The highest BCUT2D eigenvalue weighted by molar-refractivity contribution is 6.30. The number of ether oxygens (including phenoxy) is 1. The predicted octanol–water partition coefficient (Wildman–Crippen LogP) is 6.63. The summed E-state index contributed by atoms with van der Waals surface area (Å²) in [6, 6.07) is 20.2. The molecule has 0 saturated carbocycles. The van der Waals surface area contributed by atoms with Crippen molar-refractivity contribution in [2.45, 2.75) is 0 Å². The maximum Gasteiger partial charge on any atom is 0.336 e. The van der Waals surface area contributed by atoms with Crippen molar-refractivity contribution < 1.29 is 19.1 Å². The number of hydrogen-bond acceptors (Lipinski definition) is 3. The molecule has 0 unspecified atom stereocenters. The molecule has 5 heteroatoms. The van der Waals surface area contributed by atoms with Crippen molar-refractivity contribution in [3.8, 4) is 17.1 Å². The Bertz CT molecular complexity index is 1220. The number of fused-ring (bicyclic) bond motifs is 1. The van der Waals surface area contributed by atoms with Gasteiger partial charge >= 0.3 is 5.97 Å². The van der Waals surface area contributed by atoms with E-state index in [0.717, 1.165) is 33.6 Å². The molecule has 0 aliphatic heterocycles. The summed E-state index contributed by atoms with van der Waals surface area (Å²) in [5.41, 5.74) is 3.45. The van der Waals surface area contributed by atoms with Gasteiger partial charge in [0.05, 0.1) is 12.7 Å². The first-order chi connectivity index (χ1) is 14.0. The molecular weight excluding hydrogens is 388 g/mol. The summed E-state index contributed by atoms with van der Waals surface area (Å²) in [5.74, 6) is 0.567. The first-order valence-corrected chi connectivity index (χ1v) is 9.30. The van der Waals surface area contributed by atoms with E-state index < -0.39 is 5.97 Å². The lowest BCUT2D eigenvalue weighted by Crippen LogP contribution is -1.98. The monoisotopic (exact) mass is 404 g/mol. The zero-order valence-corrected chi connectivity index (χ0v) is 16.3. The smallest absolute Gasteiger partial charge is 0.336 e. The van der Waals surface area contributed by atoms with Crippen LogP contribution in [-0.4, -0.2) is 18.2 Å². The molecule has 0 saturated heterocycles. The van der Waals surface area contributed by atoms with Gasteiger partial charge in [-0.2, -0.15) is 0 Å². The fraction of sp³-hybridized carbons (Fsp3) is 0.0417. The molecule has 0 aliphatic carbocycles. The van der Waals surface area contributed by atoms with Crippen LogP contribution >= 0.6 is 11.6 Å². The molecule has 144 valence electrons. The summed E-state index contributed by atoms with van der Waals surface area (Å²) in [7, 11) is 1.64. The fourth-order valence-corrected chi connectivity index (χ4v) is 3.28. The summed E-state index contributed by atoms with van der Waals surface area (Å²) in [5, 5.41) is 10.8. The van der Waals surface area contributed by atoms with Gasteiger partial charge in [0.15, 0.2) is 0 Å². The van der Waals surface area contributed by atoms with E-state index in [1.54, 1.807) is 25.3 Å². The van der Waals surface area contributed by atoms with Gasteiger partial charge in [-0.15, -0.1) is 0 Å². The predicted molar refractivity (Wildman–Crippen MR) is 116 cm³/mol. The van der Waals surface area contributed by atoms with E-state index in [4.69, 9.17) is 20.8 Å². The molecule has 0 atom stereocenters. The Labute approximate surface area is 172 Å². The molecular formula is C24H17ClO4. The highest BCUT2D eigenvalue weighted by Gasteiger charge is 2.09. The fourth-order valence-electron chi connectivity index (χ4n) is 3.10. The molecule has 0 amide bonds. The van der Waals surface area contributed by atoms with Crippen LogP contribution < -0.4 is 4.74 Å². The van der Waals surface area contributed by atoms with Crippen LogP contribution in [0.4, 0.5) is 0 Å². The van der Waals surface area contributed by atoms with Crippen molar-refractivity contribution in [2.24, 2.45) is 0 Å². The zero-order chi connectivity index (χ0) is 20.4. The van der Waals surface area contributed by atoms with Gasteiger partial charge < -0.3 is 14.3 Å². The number of furan rings is 1. The highest BCUT2D eigenvalue weighted by atomic mass is 35.5. The van der Waals surface area contributed by atoms with Crippen LogP contribution in [0.5, 0.6) is 5.75 Å². The van der Waals surface area contributed by atoms with Crippen molar-refractivity contribution in [2.75, 3.05) is 7.11 Å². The zero-order valence-electron chi connectivity index (χ0n) is 15.6. The van der Waals surface area contributed by atoms with E-state index >= 15 is 0 Å². The topological polar surface area (TPSA) is 59.7 Å². The van der Waals surface area contributed by atoms with Gasteiger partial charge in [0.25, 0.3) is 0 Å². The van der Waals surface area contributed by atoms with Crippen LogP contribution in [0.2, 0.25) is 5.02 Å². The van der Waals surface area contributed by atoms with E-state index in [-0.39, 0.29) is 5.56 Å². The van der Waals surface area contributed by atoms with E-state index in [9.17, 15) is 9.90 Å². The van der Waals surface area contributed by atoms with Gasteiger partial charge in [0, 0.05) is 16.0 Å². The van der Waals surface area contributed by atoms with Gasteiger partial charge in [0.2, 0.25) is 0 Å². The second-order valence-electron chi connectivity index (χ2n) is 6.51. The number of carboxylic acid groups (broad SMARTS) is 1. The maximum absolute atomic E-state index is 11.4. The summed E-state index contributed by atoms with van der Waals surface area (Å²) >= 11 is 6.00. The minimum atomic E-state index is -0.988. The molecule has 0 spiro atoms. The maximum atomic E-state index is 11.4. The second kappa shape index (κ2) is 7.86. The SMILES string of the molecule is COc1ccc2oc(-c3ccc(C=Cc4cc(Cl)ccc4C(=O)O)cc3)cc2c1. The first kappa shape index (κ1) is 18.8. The Balaban J connectivity index is 1.59. The normalized spacial score (nSPS) is 11.2. The summed E-state index contributed by atoms with van der Waals surface area (Å²) < 4.78 is 11.2. The van der Waals surface area contributed by atoms with Crippen molar-refractivity contribution in [1.29, 1.82) is 0 Å². The molecule has 1 aromatic heterocycles. The van der Waals surface area contributed by atoms with Gasteiger partial charge in [-0.05, 0) is 53.6 Å². The lowest BCUT2D eigenvalue weighted by Gasteiger charge is -2.02. The quantitative estimate of drug-likeness (QED) is 0.379. The van der Waals surface area contributed by atoms with Crippen molar-refractivity contribution in [1.82, 2.24) is 0 Å². The molecule has 3 aromatic carbocycles. The number of benzene rings is 3. The standard InChI is InChI=1S/C24H17ClO4/c1-28-20-9-11-22-18(13-20)14-23(29-22)16-5-2-15(3-6-16)4-7-17-12-19(25)8-10-21(17)24(26)27/h2-14H,1H3,(H,26,27). The molecule has 1 N–H and O–H groups in total. The average molecular weight is 405 g/mol. The second-order valence-corrected chi connectivity index (χ2v) is 6.94. The van der Waals surface area contributed by atoms with Crippen molar-refractivity contribution >= 4 is 40.7 Å². The minimum absolute atomic E-state index is 0.208. The Morgan fingerprint density at radius 1 is 1.00 bits per heavy atom. The summed E-state index contributed by atoms with van der Waals surface area (Å²) in [6.45, 7) is 0. The van der Waals surface area contributed by atoms with Crippen molar-refractivity contribution in [3.63, 3.8) is 0 Å². The molecule has 0 aliphatic rings. The molecule has 29 heavy (non-hydrogen) atoms. The van der Waals surface area contributed by atoms with Crippen LogP contribution in [0, 0.1) is 0 Å². The first-order valence-electron chi connectivity index (χ1n) is 8.92. The number of hydrogen-bond donors (Lipinski definition) is 1. The number of methoxy groups -OCH3 is 1. The van der Waals surface area contributed by atoms with Gasteiger partial charge in [-0.3, -0.25) is 0 Å². The number of aromatic carboxylic acids is 1. The van der Waals surface area contributed by atoms with Gasteiger partial charge in [-0.25, -0.2) is 4.79 Å².